The van der Waals surface area contributed by atoms with E-state index in [0.717, 1.165) is 14.6 Å². The summed E-state index contributed by atoms with van der Waals surface area (Å²) in [5.74, 6) is 0. The van der Waals surface area contributed by atoms with Gasteiger partial charge in [0.25, 0.3) is 0 Å². The van der Waals surface area contributed by atoms with Crippen molar-refractivity contribution < 1.29 is 0 Å². The van der Waals surface area contributed by atoms with Crippen LogP contribution in [0.2, 0.25) is 5.15 Å². The van der Waals surface area contributed by atoms with E-state index in [1.54, 1.807) is 6.20 Å². The molecule has 0 radical (unpaired) electrons. The van der Waals surface area contributed by atoms with E-state index < -0.39 is 0 Å². The lowest BCUT2D eigenvalue weighted by molar-refractivity contribution is 0.881. The average Bonchev–Trinajstić information content (AvgIpc) is 2.34. The van der Waals surface area contributed by atoms with Gasteiger partial charge < -0.3 is 5.32 Å². The minimum atomic E-state index is 0.149. The van der Waals surface area contributed by atoms with E-state index in [0.29, 0.717) is 5.15 Å². The summed E-state index contributed by atoms with van der Waals surface area (Å²) in [5, 5.41) is 3.82. The second-order valence-electron chi connectivity index (χ2n) is 3.91. The molecule has 0 aliphatic rings. The number of halogens is 3. The molecule has 0 amide bonds. The first-order valence-corrected chi connectivity index (χ1v) is 7.35. The molecule has 2 rings (SSSR count). The maximum atomic E-state index is 6.06. The molecule has 0 saturated heterocycles. The fraction of sp³-hybridized carbons (Fsp3) is 0.154. The van der Waals surface area contributed by atoms with Gasteiger partial charge in [-0.15, -0.1) is 0 Å². The number of benzene rings is 1. The largest absolute Gasteiger partial charge is 0.376 e. The SMILES string of the molecule is CC(Nc1cc(Br)cnc1Cl)c1cccc(Br)c1. The number of hydrogen-bond donors (Lipinski definition) is 1. The Bertz CT molecular complexity index is 560. The Labute approximate surface area is 128 Å². The van der Waals surface area contributed by atoms with Crippen LogP contribution in [0.25, 0.3) is 0 Å². The van der Waals surface area contributed by atoms with Crippen molar-refractivity contribution in [2.75, 3.05) is 5.32 Å². The molecule has 0 bridgehead atoms. The Morgan fingerprint density at radius 3 is 2.72 bits per heavy atom. The van der Waals surface area contributed by atoms with Crippen molar-refractivity contribution in [1.82, 2.24) is 4.98 Å². The molecule has 0 aliphatic carbocycles. The molecular weight excluding hydrogens is 379 g/mol. The van der Waals surface area contributed by atoms with E-state index in [1.807, 2.05) is 18.2 Å². The lowest BCUT2D eigenvalue weighted by Crippen LogP contribution is -2.07. The maximum Gasteiger partial charge on any atom is 0.152 e. The maximum absolute atomic E-state index is 6.06. The fourth-order valence-electron chi connectivity index (χ4n) is 1.62. The summed E-state index contributed by atoms with van der Waals surface area (Å²) >= 11 is 12.9. The molecule has 1 unspecified atom stereocenters. The second kappa shape index (κ2) is 6.04. The molecular formula is C13H11Br2ClN2. The van der Waals surface area contributed by atoms with Crippen LogP contribution in [0.5, 0.6) is 0 Å². The minimum Gasteiger partial charge on any atom is -0.376 e. The van der Waals surface area contributed by atoms with Crippen molar-refractivity contribution in [3.05, 3.63) is 56.2 Å². The molecule has 1 atom stereocenters. The van der Waals surface area contributed by atoms with E-state index in [9.17, 15) is 0 Å². The Morgan fingerprint density at radius 2 is 2.00 bits per heavy atom. The molecule has 5 heteroatoms. The minimum absolute atomic E-state index is 0.149. The highest BCUT2D eigenvalue weighted by molar-refractivity contribution is 9.10. The van der Waals surface area contributed by atoms with Gasteiger partial charge in [0.05, 0.1) is 5.69 Å². The van der Waals surface area contributed by atoms with Gasteiger partial charge in [0.15, 0.2) is 5.15 Å². The molecule has 0 spiro atoms. The fourth-order valence-corrected chi connectivity index (χ4v) is 2.52. The summed E-state index contributed by atoms with van der Waals surface area (Å²) in [6.07, 6.45) is 1.68. The lowest BCUT2D eigenvalue weighted by atomic mass is 10.1. The molecule has 1 aromatic heterocycles. The zero-order valence-electron chi connectivity index (χ0n) is 9.62. The van der Waals surface area contributed by atoms with Crippen LogP contribution >= 0.6 is 43.5 Å². The molecule has 2 nitrogen and oxygen atoms in total. The highest BCUT2D eigenvalue weighted by Gasteiger charge is 2.09. The Kier molecular flexibility index (Phi) is 4.65. The third-order valence-corrected chi connectivity index (χ3v) is 3.75. The molecule has 0 saturated carbocycles. The van der Waals surface area contributed by atoms with E-state index >= 15 is 0 Å². The van der Waals surface area contributed by atoms with Crippen molar-refractivity contribution in [2.24, 2.45) is 0 Å². The smallest absolute Gasteiger partial charge is 0.152 e. The number of anilines is 1. The van der Waals surface area contributed by atoms with Crippen LogP contribution in [-0.4, -0.2) is 4.98 Å². The van der Waals surface area contributed by atoms with Gasteiger partial charge in [0, 0.05) is 21.2 Å². The van der Waals surface area contributed by atoms with E-state index in [1.165, 1.54) is 5.56 Å². The number of pyridine rings is 1. The number of rotatable bonds is 3. The number of nitrogens with one attached hydrogen (secondary N) is 1. The standard InChI is InChI=1S/C13H11Br2ClN2/c1-8(9-3-2-4-10(14)5-9)18-12-6-11(15)7-17-13(12)16/h2-8,18H,1H3. The van der Waals surface area contributed by atoms with Crippen LogP contribution < -0.4 is 5.32 Å². The Hall–Kier alpha value is -0.580. The Morgan fingerprint density at radius 1 is 1.22 bits per heavy atom. The van der Waals surface area contributed by atoms with Gasteiger partial charge in [0.1, 0.15) is 0 Å². The third kappa shape index (κ3) is 3.46. The quantitative estimate of drug-likeness (QED) is 0.707. The molecule has 94 valence electrons. The summed E-state index contributed by atoms with van der Waals surface area (Å²) in [6, 6.07) is 10.2. The molecule has 2 aromatic rings. The molecule has 1 N–H and O–H groups in total. The monoisotopic (exact) mass is 388 g/mol. The van der Waals surface area contributed by atoms with E-state index in [-0.39, 0.29) is 6.04 Å². The van der Waals surface area contributed by atoms with E-state index in [4.69, 9.17) is 11.6 Å². The predicted molar refractivity (Wildman–Crippen MR) is 83.1 cm³/mol. The topological polar surface area (TPSA) is 24.9 Å². The average molecular weight is 391 g/mol. The molecule has 18 heavy (non-hydrogen) atoms. The van der Waals surface area contributed by atoms with Crippen LogP contribution in [0.3, 0.4) is 0 Å². The van der Waals surface area contributed by atoms with Gasteiger partial charge in [-0.05, 0) is 46.6 Å². The molecule has 1 heterocycles. The summed E-state index contributed by atoms with van der Waals surface area (Å²) in [4.78, 5) is 4.09. The highest BCUT2D eigenvalue weighted by Crippen LogP contribution is 2.27. The van der Waals surface area contributed by atoms with Crippen molar-refractivity contribution in [3.63, 3.8) is 0 Å². The van der Waals surface area contributed by atoms with Gasteiger partial charge in [-0.2, -0.15) is 0 Å². The zero-order chi connectivity index (χ0) is 13.1. The molecule has 1 aromatic carbocycles. The Balaban J connectivity index is 2.21. The predicted octanol–water partition coefficient (Wildman–Crippen LogP) is 5.43. The third-order valence-electron chi connectivity index (χ3n) is 2.53. The second-order valence-corrected chi connectivity index (χ2v) is 6.10. The first-order chi connectivity index (χ1) is 8.56. The molecule has 0 fully saturated rings. The van der Waals surface area contributed by atoms with Crippen LogP contribution in [0.1, 0.15) is 18.5 Å². The lowest BCUT2D eigenvalue weighted by Gasteiger charge is -2.16. The van der Waals surface area contributed by atoms with Crippen molar-refractivity contribution >= 4 is 49.1 Å². The van der Waals surface area contributed by atoms with Crippen LogP contribution in [-0.2, 0) is 0 Å². The van der Waals surface area contributed by atoms with E-state index in [2.05, 4.69) is 61.2 Å². The first-order valence-electron chi connectivity index (χ1n) is 5.39. The van der Waals surface area contributed by atoms with Gasteiger partial charge >= 0.3 is 0 Å². The summed E-state index contributed by atoms with van der Waals surface area (Å²) in [5.41, 5.74) is 2.00. The zero-order valence-corrected chi connectivity index (χ0v) is 13.6. The van der Waals surface area contributed by atoms with Crippen LogP contribution in [0.4, 0.5) is 5.69 Å². The number of aromatic nitrogens is 1. The highest BCUT2D eigenvalue weighted by atomic mass is 79.9. The normalized spacial score (nSPS) is 12.2. The summed E-state index contributed by atoms with van der Waals surface area (Å²) in [6.45, 7) is 2.08. The van der Waals surface area contributed by atoms with Crippen molar-refractivity contribution in [1.29, 1.82) is 0 Å². The van der Waals surface area contributed by atoms with Gasteiger partial charge in [-0.25, -0.2) is 4.98 Å². The number of nitrogens with zero attached hydrogens (tertiary/aromatic N) is 1. The summed E-state index contributed by atoms with van der Waals surface area (Å²) < 4.78 is 1.96. The molecule has 0 aliphatic heterocycles. The van der Waals surface area contributed by atoms with Crippen LogP contribution in [0, 0.1) is 0 Å². The van der Waals surface area contributed by atoms with Crippen LogP contribution in [0.15, 0.2) is 45.5 Å². The first kappa shape index (κ1) is 13.8. The van der Waals surface area contributed by atoms with Gasteiger partial charge in [-0.3, -0.25) is 0 Å². The van der Waals surface area contributed by atoms with Gasteiger partial charge in [0.2, 0.25) is 0 Å². The van der Waals surface area contributed by atoms with Crippen molar-refractivity contribution in [2.45, 2.75) is 13.0 Å². The van der Waals surface area contributed by atoms with Crippen molar-refractivity contribution in [3.8, 4) is 0 Å². The number of hydrogen-bond acceptors (Lipinski definition) is 2. The summed E-state index contributed by atoms with van der Waals surface area (Å²) in [7, 11) is 0. The van der Waals surface area contributed by atoms with Gasteiger partial charge in [-0.1, -0.05) is 39.7 Å².